The molecule has 0 atom stereocenters. The van der Waals surface area contributed by atoms with Crippen molar-refractivity contribution in [3.05, 3.63) is 178 Å². The number of hydrogen-bond donors (Lipinski definition) is 0. The minimum Gasteiger partial charge on any atom is -0.184 e. The molecule has 9 rings (SSSR count). The standard InChI is InChI=1S/2C22H19F6.C12H7Si.2ClH.Zr/c2*1-3-5-13-8-15-7-6-14(4-2)20(19(15)9-13)16-10-17(21(23,24)25)12-18(11-16)22(26,27)28;1-3-7-11-9(5-1)10-6-2-4-8-12(10)13-11;;;/h2*6-12H,3-5H2,1-2H3;1-7H;2*1H;/q3*-1;;;+2/p-2. The molecule has 72 heavy (non-hydrogen) atoms. The van der Waals surface area contributed by atoms with E-state index < -0.39 is 67.8 Å². The van der Waals surface area contributed by atoms with Gasteiger partial charge in [-0.15, -0.1) is 74.6 Å². The second-order valence-corrected chi connectivity index (χ2v) is 21.9. The molecule has 0 saturated carbocycles. The van der Waals surface area contributed by atoms with Crippen LogP contribution in [0.1, 0.15) is 85.0 Å². The normalized spacial score (nSPS) is 12.3. The molecule has 0 unspecified atom stereocenters. The summed E-state index contributed by atoms with van der Waals surface area (Å²) in [6.07, 6.45) is -15.1. The summed E-state index contributed by atoms with van der Waals surface area (Å²) in [6.45, 7) is 7.69. The zero-order valence-electron chi connectivity index (χ0n) is 39.2. The van der Waals surface area contributed by atoms with E-state index in [9.17, 15) is 52.7 Å². The minimum absolute atomic E-state index is 0.0572. The fourth-order valence-electron chi connectivity index (χ4n) is 8.84. The first-order chi connectivity index (χ1) is 33.9. The van der Waals surface area contributed by atoms with Gasteiger partial charge >= 0.3 is 62.6 Å². The van der Waals surface area contributed by atoms with Crippen molar-refractivity contribution in [3.8, 4) is 33.4 Å². The smallest absolute Gasteiger partial charge is 0.0920 e. The Balaban J connectivity index is 0.000000181. The molecule has 1 heterocycles. The molecule has 8 aromatic rings. The third-order valence-corrected chi connectivity index (χ3v) is 13.4. The van der Waals surface area contributed by atoms with Gasteiger partial charge in [0.2, 0.25) is 0 Å². The molecule has 1 aliphatic heterocycles. The van der Waals surface area contributed by atoms with Crippen molar-refractivity contribution in [3.63, 3.8) is 0 Å². The summed E-state index contributed by atoms with van der Waals surface area (Å²) in [5.74, 6) is 0. The van der Waals surface area contributed by atoms with Crippen molar-refractivity contribution in [2.45, 2.75) is 90.9 Å². The average Bonchev–Trinajstić information content (AvgIpc) is 4.05. The van der Waals surface area contributed by atoms with Crippen LogP contribution in [-0.4, -0.2) is 9.52 Å². The van der Waals surface area contributed by atoms with E-state index in [1.54, 1.807) is 12.1 Å². The second-order valence-electron chi connectivity index (χ2n) is 16.9. The first-order valence-corrected chi connectivity index (χ1v) is 30.1. The van der Waals surface area contributed by atoms with E-state index in [1.807, 2.05) is 70.2 Å². The maximum Gasteiger partial charge on any atom is 0.0920 e. The quantitative estimate of drug-likeness (QED) is 0.0808. The van der Waals surface area contributed by atoms with Gasteiger partial charge < -0.3 is 0 Å². The third-order valence-electron chi connectivity index (χ3n) is 12.0. The van der Waals surface area contributed by atoms with Crippen LogP contribution >= 0.6 is 17.0 Å². The van der Waals surface area contributed by atoms with Crippen LogP contribution in [0.25, 0.3) is 54.9 Å². The Morgan fingerprint density at radius 2 is 0.889 bits per heavy atom. The Labute approximate surface area is 431 Å². The first kappa shape index (κ1) is 56.7. The number of halogens is 14. The minimum atomic E-state index is -4.87. The molecule has 2 radical (unpaired) electrons. The van der Waals surface area contributed by atoms with Crippen LogP contribution in [0.2, 0.25) is 0 Å². The molecule has 0 bridgehead atoms. The van der Waals surface area contributed by atoms with Crippen LogP contribution in [-0.2, 0) is 71.2 Å². The van der Waals surface area contributed by atoms with Crippen molar-refractivity contribution >= 4 is 58.5 Å². The van der Waals surface area contributed by atoms with Gasteiger partial charge in [0.1, 0.15) is 0 Å². The summed E-state index contributed by atoms with van der Waals surface area (Å²) < 4.78 is 159. The Hall–Kier alpha value is -4.62. The summed E-state index contributed by atoms with van der Waals surface area (Å²) in [5.41, 5.74) is 1.84. The molecule has 0 nitrogen and oxygen atoms in total. The molecular formula is C56H45Cl2F12SiZr-3. The van der Waals surface area contributed by atoms with Crippen LogP contribution in [0, 0.1) is 6.07 Å². The number of aryl methyl sites for hydroxylation is 4. The molecule has 0 aliphatic carbocycles. The maximum atomic E-state index is 13.3. The SMILES string of the molecule is CCCc1cc2c(-c3cc(C(F)(F)F)cc(C(F)(F)F)c3)c(CC)ccc2[cH-]1.CCCc1cc2c(-c3cc(C(F)(F)F)cc(C(F)(F)F)c3)c(CC)ccc2[cH-]1.[Cl][Zr][Cl].[c-]1cccc2c1[Si]c1ccccc1-2. The zero-order chi connectivity index (χ0) is 52.8. The number of hydrogen-bond acceptors (Lipinski definition) is 0. The zero-order valence-corrected chi connectivity index (χ0v) is 44.1. The number of fused-ring (bicyclic) bond motifs is 5. The van der Waals surface area contributed by atoms with Crippen LogP contribution in [0.15, 0.2) is 127 Å². The molecule has 1 aliphatic rings. The Morgan fingerprint density at radius 3 is 1.26 bits per heavy atom. The van der Waals surface area contributed by atoms with Gasteiger partial charge in [-0.05, 0) is 73.2 Å². The van der Waals surface area contributed by atoms with Gasteiger partial charge in [-0.2, -0.15) is 94.3 Å². The third kappa shape index (κ3) is 13.6. The van der Waals surface area contributed by atoms with Gasteiger partial charge in [0.05, 0.1) is 31.8 Å². The molecule has 378 valence electrons. The Kier molecular flexibility index (Phi) is 18.7. The van der Waals surface area contributed by atoms with Crippen LogP contribution < -0.4 is 10.4 Å². The van der Waals surface area contributed by atoms with E-state index in [4.69, 9.17) is 17.0 Å². The number of benzene rings is 6. The van der Waals surface area contributed by atoms with Crippen LogP contribution in [0.4, 0.5) is 52.7 Å². The Morgan fingerprint density at radius 1 is 0.500 bits per heavy atom. The van der Waals surface area contributed by atoms with E-state index >= 15 is 0 Å². The van der Waals surface area contributed by atoms with Gasteiger partial charge in [-0.3, -0.25) is 0 Å². The molecule has 0 fully saturated rings. The fourth-order valence-corrected chi connectivity index (χ4v) is 10.1. The monoisotopic (exact) mass is 1130 g/mol. The predicted molar refractivity (Wildman–Crippen MR) is 264 cm³/mol. The largest absolute Gasteiger partial charge is 0.184 e. The average molecular weight is 1140 g/mol. The van der Waals surface area contributed by atoms with Gasteiger partial charge in [0.25, 0.3) is 0 Å². The van der Waals surface area contributed by atoms with Crippen molar-refractivity contribution in [2.24, 2.45) is 0 Å². The molecular weight excluding hydrogens is 1090 g/mol. The topological polar surface area (TPSA) is 0 Å². The molecule has 8 aromatic carbocycles. The van der Waals surface area contributed by atoms with Crippen molar-refractivity contribution in [1.29, 1.82) is 0 Å². The Bertz CT molecular complexity index is 2850. The maximum absolute atomic E-state index is 13.3. The van der Waals surface area contributed by atoms with E-state index in [0.717, 1.165) is 81.4 Å². The first-order valence-electron chi connectivity index (χ1n) is 22.8. The van der Waals surface area contributed by atoms with Crippen LogP contribution in [0.3, 0.4) is 0 Å². The van der Waals surface area contributed by atoms with Gasteiger partial charge in [0, 0.05) is 0 Å². The fraction of sp³-hybridized carbons (Fsp3) is 0.250. The second kappa shape index (κ2) is 23.7. The van der Waals surface area contributed by atoms with E-state index in [0.29, 0.717) is 45.9 Å². The molecule has 0 aromatic heterocycles. The molecule has 0 spiro atoms. The summed E-state index contributed by atoms with van der Waals surface area (Å²) in [7, 11) is 10.7. The summed E-state index contributed by atoms with van der Waals surface area (Å²) in [6, 6.07) is 36.7. The predicted octanol–water partition coefficient (Wildman–Crippen LogP) is 18.1. The molecule has 0 saturated heterocycles. The van der Waals surface area contributed by atoms with Crippen molar-refractivity contribution < 1.29 is 73.5 Å². The van der Waals surface area contributed by atoms with E-state index in [2.05, 4.69) is 42.5 Å². The molecule has 16 heteroatoms. The number of alkyl halides is 12. The number of rotatable bonds is 8. The van der Waals surface area contributed by atoms with Gasteiger partial charge in [-0.1, -0.05) is 97.8 Å². The van der Waals surface area contributed by atoms with E-state index in [-0.39, 0.29) is 23.3 Å². The summed E-state index contributed by atoms with van der Waals surface area (Å²) >= 11 is -0.826. The molecule has 0 amide bonds. The van der Waals surface area contributed by atoms with Crippen molar-refractivity contribution in [1.82, 2.24) is 0 Å². The van der Waals surface area contributed by atoms with E-state index in [1.165, 1.54) is 21.5 Å². The van der Waals surface area contributed by atoms with Gasteiger partial charge in [-0.25, -0.2) is 0 Å². The molecule has 0 N–H and O–H groups in total. The van der Waals surface area contributed by atoms with Crippen LogP contribution in [0.5, 0.6) is 0 Å². The summed E-state index contributed by atoms with van der Waals surface area (Å²) in [5, 5.41) is 5.84. The van der Waals surface area contributed by atoms with Crippen molar-refractivity contribution in [2.75, 3.05) is 0 Å². The van der Waals surface area contributed by atoms with Gasteiger partial charge in [0.15, 0.2) is 0 Å². The summed E-state index contributed by atoms with van der Waals surface area (Å²) in [4.78, 5) is 0.